The molecule has 0 aromatic heterocycles. The lowest BCUT2D eigenvalue weighted by molar-refractivity contribution is 0.196. The highest BCUT2D eigenvalue weighted by atomic mass is 32.2. The first-order valence-electron chi connectivity index (χ1n) is 5.22. The summed E-state index contributed by atoms with van der Waals surface area (Å²) >= 11 is 0. The van der Waals surface area contributed by atoms with Gasteiger partial charge < -0.3 is 10.5 Å². The van der Waals surface area contributed by atoms with E-state index in [0.29, 0.717) is 13.1 Å². The van der Waals surface area contributed by atoms with Crippen LogP contribution in [0.5, 0.6) is 0 Å². The van der Waals surface area contributed by atoms with Gasteiger partial charge in [0.1, 0.15) is 0 Å². The topological polar surface area (TPSA) is 72.6 Å². The zero-order valence-electron chi connectivity index (χ0n) is 9.35. The largest absolute Gasteiger partial charge is 0.383 e. The first-order chi connectivity index (χ1) is 6.98. The SMILES string of the molecule is COCC(C)S(=O)(=O)N1CCC[C@@H](N)C1. The Labute approximate surface area is 91.6 Å². The maximum absolute atomic E-state index is 12.0. The summed E-state index contributed by atoms with van der Waals surface area (Å²) in [6.45, 7) is 2.92. The molecule has 15 heavy (non-hydrogen) atoms. The van der Waals surface area contributed by atoms with Crippen molar-refractivity contribution < 1.29 is 13.2 Å². The molecule has 1 heterocycles. The summed E-state index contributed by atoms with van der Waals surface area (Å²) in [7, 11) is -1.72. The Bertz CT molecular complexity index is 292. The normalized spacial score (nSPS) is 26.5. The Morgan fingerprint density at radius 1 is 1.60 bits per heavy atom. The number of nitrogens with two attached hydrogens (primary N) is 1. The minimum atomic E-state index is -3.23. The van der Waals surface area contributed by atoms with Gasteiger partial charge in [-0.15, -0.1) is 0 Å². The second-order valence-electron chi connectivity index (χ2n) is 4.07. The highest BCUT2D eigenvalue weighted by molar-refractivity contribution is 7.89. The van der Waals surface area contributed by atoms with Crippen LogP contribution in [0, 0.1) is 0 Å². The number of methoxy groups -OCH3 is 1. The molecule has 0 amide bonds. The quantitative estimate of drug-likeness (QED) is 0.732. The fourth-order valence-electron chi connectivity index (χ4n) is 1.78. The van der Waals surface area contributed by atoms with Crippen LogP contribution in [0.4, 0.5) is 0 Å². The van der Waals surface area contributed by atoms with Crippen LogP contribution in [0.3, 0.4) is 0 Å². The molecule has 0 bridgehead atoms. The van der Waals surface area contributed by atoms with Gasteiger partial charge in [0.2, 0.25) is 10.0 Å². The van der Waals surface area contributed by atoms with Crippen LogP contribution in [0.2, 0.25) is 0 Å². The Morgan fingerprint density at radius 2 is 2.27 bits per heavy atom. The molecule has 1 aliphatic rings. The average Bonchev–Trinajstić information content (AvgIpc) is 2.18. The minimum Gasteiger partial charge on any atom is -0.383 e. The Hall–Kier alpha value is -0.170. The monoisotopic (exact) mass is 236 g/mol. The molecule has 90 valence electrons. The van der Waals surface area contributed by atoms with Crippen LogP contribution in [0.15, 0.2) is 0 Å². The standard InChI is InChI=1S/C9H20N2O3S/c1-8(7-14-2)15(12,13)11-5-3-4-9(10)6-11/h8-9H,3-7,10H2,1-2H3/t8?,9-/m1/s1. The summed E-state index contributed by atoms with van der Waals surface area (Å²) < 4.78 is 30.4. The summed E-state index contributed by atoms with van der Waals surface area (Å²) in [5.74, 6) is 0. The lowest BCUT2D eigenvalue weighted by atomic mass is 10.1. The Kier molecular flexibility index (Phi) is 4.51. The van der Waals surface area contributed by atoms with Gasteiger partial charge in [0, 0.05) is 26.2 Å². The van der Waals surface area contributed by atoms with Crippen molar-refractivity contribution in [3.8, 4) is 0 Å². The van der Waals surface area contributed by atoms with Crippen molar-refractivity contribution in [3.63, 3.8) is 0 Å². The Balaban J connectivity index is 2.67. The van der Waals surface area contributed by atoms with Crippen molar-refractivity contribution in [1.82, 2.24) is 4.31 Å². The fourth-order valence-corrected chi connectivity index (χ4v) is 3.38. The number of hydrogen-bond acceptors (Lipinski definition) is 4. The van der Waals surface area contributed by atoms with Crippen molar-refractivity contribution in [2.75, 3.05) is 26.8 Å². The lowest BCUT2D eigenvalue weighted by Crippen LogP contribution is -2.49. The van der Waals surface area contributed by atoms with E-state index in [2.05, 4.69) is 0 Å². The first-order valence-corrected chi connectivity index (χ1v) is 6.72. The molecule has 2 atom stereocenters. The smallest absolute Gasteiger partial charge is 0.219 e. The van der Waals surface area contributed by atoms with Crippen molar-refractivity contribution in [2.45, 2.75) is 31.1 Å². The van der Waals surface area contributed by atoms with Gasteiger partial charge in [-0.3, -0.25) is 0 Å². The van der Waals surface area contributed by atoms with E-state index in [1.165, 1.54) is 11.4 Å². The average molecular weight is 236 g/mol. The second-order valence-corrected chi connectivity index (χ2v) is 6.42. The summed E-state index contributed by atoms with van der Waals surface area (Å²) in [6, 6.07) is -0.0248. The van der Waals surface area contributed by atoms with E-state index in [0.717, 1.165) is 12.8 Å². The predicted molar refractivity (Wildman–Crippen MR) is 59.0 cm³/mol. The van der Waals surface area contributed by atoms with Crippen molar-refractivity contribution in [3.05, 3.63) is 0 Å². The van der Waals surface area contributed by atoms with Gasteiger partial charge in [0.25, 0.3) is 0 Å². The molecular weight excluding hydrogens is 216 g/mol. The highest BCUT2D eigenvalue weighted by Crippen LogP contribution is 2.16. The summed E-state index contributed by atoms with van der Waals surface area (Å²) in [6.07, 6.45) is 1.75. The summed E-state index contributed by atoms with van der Waals surface area (Å²) in [5.41, 5.74) is 5.76. The van der Waals surface area contributed by atoms with Gasteiger partial charge >= 0.3 is 0 Å². The van der Waals surface area contributed by atoms with E-state index in [1.807, 2.05) is 0 Å². The van der Waals surface area contributed by atoms with Gasteiger partial charge in [-0.25, -0.2) is 12.7 Å². The predicted octanol–water partition coefficient (Wildman–Crippen LogP) is -0.226. The van der Waals surface area contributed by atoms with E-state index in [-0.39, 0.29) is 12.6 Å². The third-order valence-electron chi connectivity index (χ3n) is 2.69. The zero-order chi connectivity index (χ0) is 11.5. The van der Waals surface area contributed by atoms with E-state index < -0.39 is 15.3 Å². The van der Waals surface area contributed by atoms with Gasteiger partial charge in [-0.1, -0.05) is 0 Å². The number of hydrogen-bond donors (Lipinski definition) is 1. The number of ether oxygens (including phenoxy) is 1. The van der Waals surface area contributed by atoms with E-state index in [4.69, 9.17) is 10.5 Å². The molecule has 2 N–H and O–H groups in total. The number of piperidine rings is 1. The molecular formula is C9H20N2O3S. The van der Waals surface area contributed by atoms with E-state index in [9.17, 15) is 8.42 Å². The van der Waals surface area contributed by atoms with Crippen molar-refractivity contribution in [1.29, 1.82) is 0 Å². The molecule has 1 aliphatic heterocycles. The van der Waals surface area contributed by atoms with Gasteiger partial charge in [-0.2, -0.15) is 0 Å². The fraction of sp³-hybridized carbons (Fsp3) is 1.00. The van der Waals surface area contributed by atoms with Crippen molar-refractivity contribution >= 4 is 10.0 Å². The molecule has 1 rings (SSSR count). The molecule has 1 fully saturated rings. The van der Waals surface area contributed by atoms with E-state index in [1.54, 1.807) is 6.92 Å². The molecule has 0 aromatic carbocycles. The van der Waals surface area contributed by atoms with Gasteiger partial charge in [0.15, 0.2) is 0 Å². The van der Waals surface area contributed by atoms with Gasteiger partial charge in [0.05, 0.1) is 11.9 Å². The van der Waals surface area contributed by atoms with Crippen molar-refractivity contribution in [2.24, 2.45) is 5.73 Å². The zero-order valence-corrected chi connectivity index (χ0v) is 10.2. The highest BCUT2D eigenvalue weighted by Gasteiger charge is 2.31. The molecule has 0 saturated carbocycles. The Morgan fingerprint density at radius 3 is 2.80 bits per heavy atom. The number of sulfonamides is 1. The molecule has 1 saturated heterocycles. The maximum Gasteiger partial charge on any atom is 0.219 e. The number of nitrogens with zero attached hydrogens (tertiary/aromatic N) is 1. The molecule has 5 nitrogen and oxygen atoms in total. The molecule has 0 radical (unpaired) electrons. The third kappa shape index (κ3) is 3.14. The maximum atomic E-state index is 12.0. The van der Waals surface area contributed by atoms with Crippen LogP contribution in [-0.4, -0.2) is 50.8 Å². The molecule has 0 spiro atoms. The molecule has 0 aliphatic carbocycles. The van der Waals surface area contributed by atoms with Crippen LogP contribution < -0.4 is 5.73 Å². The molecule has 1 unspecified atom stereocenters. The van der Waals surface area contributed by atoms with Crippen LogP contribution in [-0.2, 0) is 14.8 Å². The molecule has 0 aromatic rings. The number of rotatable bonds is 4. The van der Waals surface area contributed by atoms with Crippen LogP contribution in [0.1, 0.15) is 19.8 Å². The minimum absolute atomic E-state index is 0.0248. The molecule has 6 heteroatoms. The van der Waals surface area contributed by atoms with Gasteiger partial charge in [-0.05, 0) is 19.8 Å². The van der Waals surface area contributed by atoms with Crippen LogP contribution in [0.25, 0.3) is 0 Å². The van der Waals surface area contributed by atoms with E-state index >= 15 is 0 Å². The summed E-state index contributed by atoms with van der Waals surface area (Å²) in [4.78, 5) is 0. The second kappa shape index (κ2) is 5.25. The summed E-state index contributed by atoms with van der Waals surface area (Å²) in [5, 5.41) is -0.493. The first kappa shape index (κ1) is 12.9. The lowest BCUT2D eigenvalue weighted by Gasteiger charge is -2.31. The van der Waals surface area contributed by atoms with Crippen LogP contribution >= 0.6 is 0 Å². The third-order valence-corrected chi connectivity index (χ3v) is 4.89.